The average molecular weight is 240 g/mol. The van der Waals surface area contributed by atoms with Gasteiger partial charge in [0, 0.05) is 25.7 Å². The van der Waals surface area contributed by atoms with Gasteiger partial charge in [0.2, 0.25) is 0 Å². The number of alkyl halides is 1. The zero-order valence-electron chi connectivity index (χ0n) is 10.5. The highest BCUT2D eigenvalue weighted by molar-refractivity contribution is 6.18. The molecule has 0 aliphatic carbocycles. The molecule has 1 atom stereocenters. The summed E-state index contributed by atoms with van der Waals surface area (Å²) in [6.07, 6.45) is 3.69. The Balaban J connectivity index is 2.70. The fourth-order valence-electron chi connectivity index (χ4n) is 1.83. The molecule has 0 heterocycles. The van der Waals surface area contributed by atoms with E-state index in [1.165, 1.54) is 30.5 Å². The van der Waals surface area contributed by atoms with Gasteiger partial charge in [0.05, 0.1) is 0 Å². The van der Waals surface area contributed by atoms with Gasteiger partial charge in [-0.25, -0.2) is 0 Å². The number of anilines is 1. The maximum Gasteiger partial charge on any atom is 0.0361 e. The third-order valence-corrected chi connectivity index (χ3v) is 3.35. The summed E-state index contributed by atoms with van der Waals surface area (Å²) in [6.45, 7) is 2.22. The second-order valence-electron chi connectivity index (χ2n) is 4.48. The Morgan fingerprint density at radius 2 is 1.81 bits per heavy atom. The van der Waals surface area contributed by atoms with Gasteiger partial charge in [0.1, 0.15) is 0 Å². The Kier molecular flexibility index (Phi) is 5.68. The van der Waals surface area contributed by atoms with Gasteiger partial charge < -0.3 is 4.90 Å². The fourth-order valence-corrected chi connectivity index (χ4v) is 2.16. The Morgan fingerprint density at radius 1 is 1.19 bits per heavy atom. The van der Waals surface area contributed by atoms with Crippen LogP contribution < -0.4 is 4.90 Å². The van der Waals surface area contributed by atoms with Crippen LogP contribution in [0.1, 0.15) is 37.7 Å². The number of hydrogen-bond acceptors (Lipinski definition) is 1. The Labute approximate surface area is 104 Å². The van der Waals surface area contributed by atoms with E-state index >= 15 is 0 Å². The number of rotatable bonds is 6. The highest BCUT2D eigenvalue weighted by Gasteiger charge is 2.09. The molecule has 2 heteroatoms. The molecular weight excluding hydrogens is 218 g/mol. The molecule has 16 heavy (non-hydrogen) atoms. The molecule has 90 valence electrons. The first kappa shape index (κ1) is 13.4. The monoisotopic (exact) mass is 239 g/mol. The molecule has 0 bridgehead atoms. The molecule has 0 radical (unpaired) electrons. The predicted molar refractivity (Wildman–Crippen MR) is 73.8 cm³/mol. The van der Waals surface area contributed by atoms with Gasteiger partial charge in [-0.3, -0.25) is 0 Å². The number of hydrogen-bond donors (Lipinski definition) is 0. The number of benzene rings is 1. The van der Waals surface area contributed by atoms with Gasteiger partial charge in [0.25, 0.3) is 0 Å². The minimum Gasteiger partial charge on any atom is -0.378 e. The van der Waals surface area contributed by atoms with Crippen molar-refractivity contribution in [1.29, 1.82) is 0 Å². The standard InChI is InChI=1S/C14H22ClN/c1-4-5-6-13(11-15)12-7-9-14(10-8-12)16(2)3/h7-10,13H,4-6,11H2,1-3H3. The third-order valence-electron chi connectivity index (χ3n) is 2.97. The Hall–Kier alpha value is -0.690. The molecule has 0 amide bonds. The summed E-state index contributed by atoms with van der Waals surface area (Å²) >= 11 is 6.03. The molecule has 1 aromatic rings. The second-order valence-corrected chi connectivity index (χ2v) is 4.79. The zero-order chi connectivity index (χ0) is 12.0. The molecule has 0 saturated carbocycles. The van der Waals surface area contributed by atoms with Crippen LogP contribution in [0, 0.1) is 0 Å². The SMILES string of the molecule is CCCCC(CCl)c1ccc(N(C)C)cc1. The molecule has 0 fully saturated rings. The smallest absolute Gasteiger partial charge is 0.0361 e. The van der Waals surface area contributed by atoms with Crippen LogP contribution >= 0.6 is 11.6 Å². The Bertz CT molecular complexity index is 292. The van der Waals surface area contributed by atoms with E-state index < -0.39 is 0 Å². The van der Waals surface area contributed by atoms with Crippen LogP contribution in [0.4, 0.5) is 5.69 Å². The van der Waals surface area contributed by atoms with Crippen molar-refractivity contribution in [2.24, 2.45) is 0 Å². The van der Waals surface area contributed by atoms with Gasteiger partial charge in [-0.2, -0.15) is 0 Å². The van der Waals surface area contributed by atoms with Crippen molar-refractivity contribution in [3.63, 3.8) is 0 Å². The molecular formula is C14H22ClN. The van der Waals surface area contributed by atoms with E-state index in [0.717, 1.165) is 5.88 Å². The summed E-state index contributed by atoms with van der Waals surface area (Å²) in [7, 11) is 4.12. The number of halogens is 1. The summed E-state index contributed by atoms with van der Waals surface area (Å²) in [5.41, 5.74) is 2.61. The molecule has 0 aliphatic heterocycles. The topological polar surface area (TPSA) is 3.24 Å². The van der Waals surface area contributed by atoms with Crippen molar-refractivity contribution >= 4 is 17.3 Å². The van der Waals surface area contributed by atoms with Gasteiger partial charge in [-0.05, 0) is 30.0 Å². The van der Waals surface area contributed by atoms with Crippen LogP contribution in [-0.4, -0.2) is 20.0 Å². The van der Waals surface area contributed by atoms with E-state index in [2.05, 4.69) is 50.2 Å². The molecule has 0 spiro atoms. The minimum absolute atomic E-state index is 0.512. The second kappa shape index (κ2) is 6.80. The average Bonchev–Trinajstić information content (AvgIpc) is 2.30. The highest BCUT2D eigenvalue weighted by Crippen LogP contribution is 2.25. The first-order valence-electron chi connectivity index (χ1n) is 6.02. The Morgan fingerprint density at radius 3 is 2.25 bits per heavy atom. The van der Waals surface area contributed by atoms with E-state index in [-0.39, 0.29) is 0 Å². The van der Waals surface area contributed by atoms with E-state index in [9.17, 15) is 0 Å². The quantitative estimate of drug-likeness (QED) is 0.671. The molecule has 0 N–H and O–H groups in total. The summed E-state index contributed by atoms with van der Waals surface area (Å²) in [5, 5.41) is 0. The van der Waals surface area contributed by atoms with Gasteiger partial charge >= 0.3 is 0 Å². The zero-order valence-corrected chi connectivity index (χ0v) is 11.3. The molecule has 0 aromatic heterocycles. The van der Waals surface area contributed by atoms with Crippen LogP contribution in [-0.2, 0) is 0 Å². The van der Waals surface area contributed by atoms with Crippen molar-refractivity contribution in [1.82, 2.24) is 0 Å². The van der Waals surface area contributed by atoms with Crippen molar-refractivity contribution in [2.75, 3.05) is 24.9 Å². The van der Waals surface area contributed by atoms with Crippen LogP contribution in [0.3, 0.4) is 0 Å². The van der Waals surface area contributed by atoms with E-state index in [0.29, 0.717) is 5.92 Å². The molecule has 1 rings (SSSR count). The fraction of sp³-hybridized carbons (Fsp3) is 0.571. The largest absolute Gasteiger partial charge is 0.378 e. The van der Waals surface area contributed by atoms with Crippen molar-refractivity contribution in [2.45, 2.75) is 32.1 Å². The van der Waals surface area contributed by atoms with Gasteiger partial charge in [-0.15, -0.1) is 11.6 Å². The van der Waals surface area contributed by atoms with Crippen LogP contribution in [0.15, 0.2) is 24.3 Å². The van der Waals surface area contributed by atoms with Crippen LogP contribution in [0.25, 0.3) is 0 Å². The van der Waals surface area contributed by atoms with E-state index in [1.54, 1.807) is 0 Å². The molecule has 1 unspecified atom stereocenters. The first-order valence-corrected chi connectivity index (χ1v) is 6.55. The summed E-state index contributed by atoms with van der Waals surface area (Å²) in [6, 6.07) is 8.75. The first-order chi connectivity index (χ1) is 7.69. The van der Waals surface area contributed by atoms with Gasteiger partial charge in [-0.1, -0.05) is 31.9 Å². The lowest BCUT2D eigenvalue weighted by Gasteiger charge is -2.17. The third kappa shape index (κ3) is 3.71. The summed E-state index contributed by atoms with van der Waals surface area (Å²) < 4.78 is 0. The maximum absolute atomic E-state index is 6.03. The molecule has 0 aliphatic rings. The summed E-state index contributed by atoms with van der Waals surface area (Å²) in [5.74, 6) is 1.24. The maximum atomic E-state index is 6.03. The molecule has 0 saturated heterocycles. The minimum atomic E-state index is 0.512. The molecule has 1 nitrogen and oxygen atoms in total. The molecule has 1 aromatic carbocycles. The normalized spacial score (nSPS) is 12.5. The van der Waals surface area contributed by atoms with E-state index in [1.807, 2.05) is 0 Å². The number of nitrogens with zero attached hydrogens (tertiary/aromatic N) is 1. The summed E-state index contributed by atoms with van der Waals surface area (Å²) in [4.78, 5) is 2.12. The lowest BCUT2D eigenvalue weighted by molar-refractivity contribution is 0.628. The van der Waals surface area contributed by atoms with Crippen molar-refractivity contribution in [3.8, 4) is 0 Å². The number of unbranched alkanes of at least 4 members (excludes halogenated alkanes) is 1. The highest BCUT2D eigenvalue weighted by atomic mass is 35.5. The van der Waals surface area contributed by atoms with Crippen LogP contribution in [0.5, 0.6) is 0 Å². The predicted octanol–water partition coefficient (Wildman–Crippen LogP) is 4.27. The lowest BCUT2D eigenvalue weighted by Crippen LogP contribution is -2.08. The van der Waals surface area contributed by atoms with Crippen molar-refractivity contribution in [3.05, 3.63) is 29.8 Å². The van der Waals surface area contributed by atoms with Crippen LogP contribution in [0.2, 0.25) is 0 Å². The van der Waals surface area contributed by atoms with Gasteiger partial charge in [0.15, 0.2) is 0 Å². The lowest BCUT2D eigenvalue weighted by atomic mass is 9.95. The van der Waals surface area contributed by atoms with E-state index in [4.69, 9.17) is 11.6 Å². The van der Waals surface area contributed by atoms with Crippen molar-refractivity contribution < 1.29 is 0 Å².